The second kappa shape index (κ2) is 40.0. The second-order valence-corrected chi connectivity index (χ2v) is 29.9. The maximum atomic E-state index is 14.5. The average molecular weight is 1600 g/mol. The number of nitriles is 1. The summed E-state index contributed by atoms with van der Waals surface area (Å²) >= 11 is 8.14. The largest absolute Gasteiger partial charge is 0.480 e. The first-order valence-corrected chi connectivity index (χ1v) is 37.9. The third-order valence-corrected chi connectivity index (χ3v) is 21.1. The molecule has 0 spiro atoms. The lowest BCUT2D eigenvalue weighted by atomic mass is 9.99. The smallest absolute Gasteiger partial charge is 0.317 e. The highest BCUT2D eigenvalue weighted by molar-refractivity contribution is 14.1. The molecule has 3 aromatic carbocycles. The number of unbranched alkanes of at least 4 members (excludes halogenated alkanes) is 4. The molecule has 33 heteroatoms. The average Bonchev–Trinajstić information content (AvgIpc) is 1.65. The molecule has 8 N–H and O–H groups in total. The molecule has 0 saturated carbocycles. The van der Waals surface area contributed by atoms with Crippen LogP contribution in [0.4, 0.5) is 14.5 Å². The van der Waals surface area contributed by atoms with Gasteiger partial charge in [-0.1, -0.05) is 60.5 Å². The molecule has 4 fully saturated rings. The van der Waals surface area contributed by atoms with Crippen LogP contribution in [0.25, 0.3) is 0 Å². The fourth-order valence-corrected chi connectivity index (χ4v) is 15.2. The molecule has 106 heavy (non-hydrogen) atoms. The third-order valence-electron chi connectivity index (χ3n) is 20.2. The van der Waals surface area contributed by atoms with Crippen molar-refractivity contribution in [2.24, 2.45) is 5.92 Å². The summed E-state index contributed by atoms with van der Waals surface area (Å²) in [7, 11) is 0. The van der Waals surface area contributed by atoms with Crippen LogP contribution in [0, 0.1) is 20.8 Å². The molecule has 0 aliphatic carbocycles. The number of carboxylic acids is 4. The Balaban J connectivity index is 0.729. The number of amides is 5. The predicted octanol–water partition coefficient (Wildman–Crippen LogP) is 3.81. The van der Waals surface area contributed by atoms with E-state index in [-0.39, 0.29) is 108 Å². The first-order chi connectivity index (χ1) is 50.8. The number of anilines is 1. The number of halogens is 3. The van der Waals surface area contributed by atoms with E-state index in [9.17, 15) is 77.6 Å². The number of nitrogens with one attached hydrogen (secondary N) is 4. The van der Waals surface area contributed by atoms with Crippen molar-refractivity contribution in [3.05, 3.63) is 110 Å². The van der Waals surface area contributed by atoms with Gasteiger partial charge in [-0.3, -0.25) is 67.7 Å². The molecule has 9 rings (SSSR count). The lowest BCUT2D eigenvalue weighted by Crippen LogP contribution is -2.55. The summed E-state index contributed by atoms with van der Waals surface area (Å²) in [5.74, 6) is -10.0. The lowest BCUT2D eigenvalue weighted by Gasteiger charge is -2.37. The lowest BCUT2D eigenvalue weighted by molar-refractivity contribution is -0.142. The number of nitrogens with zero attached hydrogens (tertiary/aromatic N) is 12. The maximum absolute atomic E-state index is 14.5. The number of thiocarbonyl (C=S) groups is 1. The Kier molecular flexibility index (Phi) is 30.8. The summed E-state index contributed by atoms with van der Waals surface area (Å²) in [6.07, 6.45) is 9.57. The third kappa shape index (κ3) is 25.7. The van der Waals surface area contributed by atoms with E-state index in [0.717, 1.165) is 87.9 Å². The number of aromatic nitrogens is 3. The molecule has 4 saturated heterocycles. The zero-order valence-corrected chi connectivity index (χ0v) is 62.6. The van der Waals surface area contributed by atoms with Crippen molar-refractivity contribution in [1.29, 1.82) is 5.26 Å². The molecule has 0 bridgehead atoms. The molecule has 5 aliphatic rings. The predicted molar refractivity (Wildman–Crippen MR) is 398 cm³/mol. The topological polar surface area (TPSA) is 363 Å². The quantitative estimate of drug-likeness (QED) is 0.0187. The van der Waals surface area contributed by atoms with Crippen LogP contribution in [-0.2, 0) is 82.0 Å². The number of fused-ring (bicyclic) bond motifs is 1. The molecule has 5 aliphatic heterocycles. The van der Waals surface area contributed by atoms with Gasteiger partial charge in [0, 0.05) is 138 Å². The van der Waals surface area contributed by atoms with E-state index < -0.39 is 91.2 Å². The van der Waals surface area contributed by atoms with Gasteiger partial charge >= 0.3 is 23.9 Å². The summed E-state index contributed by atoms with van der Waals surface area (Å²) in [6, 6.07) is 19.6. The van der Waals surface area contributed by atoms with Crippen molar-refractivity contribution in [1.82, 2.24) is 70.1 Å². The summed E-state index contributed by atoms with van der Waals surface area (Å²) in [5, 5.41) is 70.0. The van der Waals surface area contributed by atoms with Gasteiger partial charge in [0.15, 0.2) is 5.11 Å². The van der Waals surface area contributed by atoms with Crippen molar-refractivity contribution in [2.45, 2.75) is 146 Å². The van der Waals surface area contributed by atoms with E-state index in [1.54, 1.807) is 47.4 Å². The van der Waals surface area contributed by atoms with Gasteiger partial charge in [0.25, 0.3) is 5.92 Å². The number of hydrogen-bond acceptors (Lipinski definition) is 18. The van der Waals surface area contributed by atoms with Crippen LogP contribution < -0.4 is 21.3 Å². The van der Waals surface area contributed by atoms with Gasteiger partial charge in [-0.25, -0.2) is 13.5 Å². The van der Waals surface area contributed by atoms with Crippen molar-refractivity contribution in [3.8, 4) is 6.07 Å². The van der Waals surface area contributed by atoms with Gasteiger partial charge in [-0.15, -0.1) is 5.10 Å². The number of carboxylic acid groups (broad SMARTS) is 4. The standard InChI is InChI=1S/C73H97F2IN16O13S/c74-73(75)38-59(39-77)92(49-73)71(105)62-36-54(69(103)80-62)37-64(94)90-40-52-10-8-11-53(60(52)44-90)41-91-42-57(82-83-91)12-3-1-2-6-24-84-29-32-88(33-30-84)70(104)61(13-4-5-23-78-63(93)14-7-9-50-15-19-55(76)20-16-50)81-72(106)79-56-21-17-51(18-22-56)35-58-43-87(47-67(99)100)28-27-85(45-65(95)96)25-26-86(46-66(97)98)31-34-89(58)48-68(101)102/h8,10-11,15-22,42,54,58-59,61-62H,1-7,9,12-14,23-38,40-41,43-49H2,(H,78,93)(H,80,103)(H,95,96)(H,97,98)(H,99,100)(H,101,102)(H2,79,81,106)/t54-,58?,59-,61+,62-/m0/s1. The monoisotopic (exact) mass is 1600 g/mol. The van der Waals surface area contributed by atoms with E-state index in [1.165, 1.54) is 5.56 Å². The summed E-state index contributed by atoms with van der Waals surface area (Å²) in [6.45, 7) is 3.72. The van der Waals surface area contributed by atoms with Gasteiger partial charge < -0.3 is 56.4 Å². The number of hydrogen-bond donors (Lipinski definition) is 8. The zero-order chi connectivity index (χ0) is 75.9. The summed E-state index contributed by atoms with van der Waals surface area (Å²) in [5.41, 5.74) is 6.39. The van der Waals surface area contributed by atoms with Crippen LogP contribution in [0.5, 0.6) is 0 Å². The molecule has 29 nitrogen and oxygen atoms in total. The van der Waals surface area contributed by atoms with Crippen LogP contribution in [0.2, 0.25) is 0 Å². The first-order valence-electron chi connectivity index (χ1n) is 36.4. The summed E-state index contributed by atoms with van der Waals surface area (Å²) < 4.78 is 31.1. The van der Waals surface area contributed by atoms with Crippen LogP contribution in [-0.4, -0.2) is 281 Å². The molecule has 6 heterocycles. The number of aliphatic carboxylic acids is 4. The molecule has 574 valence electrons. The zero-order valence-electron chi connectivity index (χ0n) is 59.6. The molecular formula is C73H97F2IN16O13S. The number of carbonyl (C=O) groups excluding carboxylic acids is 5. The molecular weight excluding hydrogens is 1510 g/mol. The van der Waals surface area contributed by atoms with Crippen LogP contribution in [0.3, 0.4) is 0 Å². The van der Waals surface area contributed by atoms with Crippen molar-refractivity contribution in [2.75, 3.05) is 123 Å². The number of piperazine rings is 1. The van der Waals surface area contributed by atoms with Crippen LogP contribution in [0.15, 0.2) is 72.9 Å². The fraction of sp³-hybridized carbons (Fsp3) is 0.575. The van der Waals surface area contributed by atoms with Gasteiger partial charge in [0.2, 0.25) is 29.5 Å². The van der Waals surface area contributed by atoms with Gasteiger partial charge in [0.1, 0.15) is 18.1 Å². The van der Waals surface area contributed by atoms with Gasteiger partial charge in [-0.2, -0.15) is 5.26 Å². The molecule has 0 radical (unpaired) electrons. The van der Waals surface area contributed by atoms with Crippen molar-refractivity contribution < 1.29 is 72.4 Å². The highest BCUT2D eigenvalue weighted by atomic mass is 127. The van der Waals surface area contributed by atoms with E-state index in [1.807, 2.05) is 41.4 Å². The number of aryl methyl sites for hydroxylation is 2. The Morgan fingerprint density at radius 1 is 0.726 bits per heavy atom. The minimum absolute atomic E-state index is 0.0243. The Morgan fingerprint density at radius 3 is 2.07 bits per heavy atom. The van der Waals surface area contributed by atoms with Crippen LogP contribution in [0.1, 0.15) is 111 Å². The summed E-state index contributed by atoms with van der Waals surface area (Å²) in [4.78, 5) is 129. The molecule has 1 aromatic heterocycles. The molecule has 5 amide bonds. The molecule has 4 aromatic rings. The van der Waals surface area contributed by atoms with E-state index >= 15 is 0 Å². The Morgan fingerprint density at radius 2 is 1.38 bits per heavy atom. The highest BCUT2D eigenvalue weighted by Crippen LogP contribution is 2.35. The minimum atomic E-state index is -3.19. The fourth-order valence-electron chi connectivity index (χ4n) is 14.5. The number of likely N-dealkylation sites (tertiary alicyclic amines) is 1. The highest BCUT2D eigenvalue weighted by Gasteiger charge is 2.50. The maximum Gasteiger partial charge on any atom is 0.317 e. The Hall–Kier alpha value is -8.40. The number of alkyl halides is 2. The van der Waals surface area contributed by atoms with Crippen molar-refractivity contribution in [3.63, 3.8) is 0 Å². The van der Waals surface area contributed by atoms with E-state index in [0.29, 0.717) is 83.7 Å². The minimum Gasteiger partial charge on any atom is -0.480 e. The Bertz CT molecular complexity index is 3750. The van der Waals surface area contributed by atoms with E-state index in [4.69, 9.17) is 12.2 Å². The Labute approximate surface area is 634 Å². The molecule has 1 unspecified atom stereocenters. The van der Waals surface area contributed by atoms with Gasteiger partial charge in [0.05, 0.1) is 51.0 Å². The first kappa shape index (κ1) is 81.7. The SMILES string of the molecule is N#C[C@@H]1CC(F)(F)CN1C(=O)[C@@H]1C[C@@H](CC(=O)N2Cc3cccc(Cn4cc(CCCCCCN5CCN(C(=O)[C@@H](CCCCNC(=O)CCCc6ccc(I)cc6)NC(=S)Nc6ccc(CC7CN(CC(=O)O)CCN(CC(=O)O)CCN(CC(=O)O)CCN7CC(=O)O)cc6)CC5)nn4)c3C2)C(=O)N1. The number of benzene rings is 3. The van der Waals surface area contributed by atoms with Crippen molar-refractivity contribution >= 4 is 99.0 Å². The second-order valence-electron chi connectivity index (χ2n) is 28.3. The van der Waals surface area contributed by atoms with Gasteiger partial charge in [-0.05, 0) is 158 Å². The van der Waals surface area contributed by atoms with Crippen LogP contribution >= 0.6 is 34.8 Å². The normalized spacial score (nSPS) is 20.2. The number of carbonyl (C=O) groups is 9. The number of rotatable bonds is 34. The van der Waals surface area contributed by atoms with E-state index in [2.05, 4.69) is 83.3 Å². The molecule has 5 atom stereocenters.